The number of nitrogens with one attached hydrogen (secondary N) is 1. The van der Waals surface area contributed by atoms with E-state index in [9.17, 15) is 0 Å². The summed E-state index contributed by atoms with van der Waals surface area (Å²) >= 11 is 0. The average Bonchev–Trinajstić information content (AvgIpc) is 2.31. The van der Waals surface area contributed by atoms with Gasteiger partial charge in [0, 0.05) is 20.2 Å². The third-order valence-corrected chi connectivity index (χ3v) is 2.97. The molecule has 94 valence electrons. The van der Waals surface area contributed by atoms with Gasteiger partial charge in [0.15, 0.2) is 0 Å². The van der Waals surface area contributed by atoms with Crippen LogP contribution in [0.1, 0.15) is 26.2 Å². The predicted octanol–water partition coefficient (Wildman–Crippen LogP) is 1.65. The van der Waals surface area contributed by atoms with Crippen molar-refractivity contribution < 1.29 is 4.74 Å². The summed E-state index contributed by atoms with van der Waals surface area (Å²) in [4.78, 5) is 2.52. The maximum atomic E-state index is 5.15. The topological polar surface area (TPSA) is 24.5 Å². The van der Waals surface area contributed by atoms with Gasteiger partial charge in [0.25, 0.3) is 0 Å². The molecule has 0 unspecified atom stereocenters. The van der Waals surface area contributed by atoms with E-state index < -0.39 is 0 Å². The highest BCUT2D eigenvalue weighted by atomic mass is 16.5. The van der Waals surface area contributed by atoms with Crippen LogP contribution in [0, 0.1) is 0 Å². The first-order valence-electron chi connectivity index (χ1n) is 6.46. The molecule has 0 saturated carbocycles. The summed E-state index contributed by atoms with van der Waals surface area (Å²) in [5.74, 6) is 0. The lowest BCUT2D eigenvalue weighted by Gasteiger charge is -2.26. The lowest BCUT2D eigenvalue weighted by Crippen LogP contribution is -2.32. The van der Waals surface area contributed by atoms with Crippen LogP contribution in [0.5, 0.6) is 0 Å². The molecule has 0 radical (unpaired) electrons. The molecule has 3 heteroatoms. The van der Waals surface area contributed by atoms with Gasteiger partial charge in [-0.1, -0.05) is 13.0 Å². The number of nitrogens with zero attached hydrogens (tertiary/aromatic N) is 1. The Bertz CT molecular complexity index is 204. The number of rotatable bonds is 8. The number of methoxy groups -OCH3 is 1. The van der Waals surface area contributed by atoms with Crippen molar-refractivity contribution in [2.24, 2.45) is 0 Å². The lowest BCUT2D eigenvalue weighted by atomic mass is 10.1. The summed E-state index contributed by atoms with van der Waals surface area (Å²) in [6, 6.07) is 0. The Morgan fingerprint density at radius 1 is 1.44 bits per heavy atom. The Hall–Kier alpha value is -0.380. The van der Waals surface area contributed by atoms with E-state index in [-0.39, 0.29) is 0 Å². The fourth-order valence-corrected chi connectivity index (χ4v) is 2.00. The zero-order chi connectivity index (χ0) is 11.6. The monoisotopic (exact) mass is 226 g/mol. The smallest absolute Gasteiger partial charge is 0.0673 e. The molecule has 0 aromatic heterocycles. The third-order valence-electron chi connectivity index (χ3n) is 2.97. The molecule has 0 aliphatic carbocycles. The van der Waals surface area contributed by atoms with Crippen molar-refractivity contribution in [3.63, 3.8) is 0 Å². The van der Waals surface area contributed by atoms with Crippen LogP contribution in [0.15, 0.2) is 11.6 Å². The first-order chi connectivity index (χ1) is 7.86. The summed E-state index contributed by atoms with van der Waals surface area (Å²) in [6.45, 7) is 8.84. The van der Waals surface area contributed by atoms with E-state index in [1.165, 1.54) is 37.9 Å². The maximum absolute atomic E-state index is 5.15. The van der Waals surface area contributed by atoms with Crippen molar-refractivity contribution in [1.29, 1.82) is 0 Å². The quantitative estimate of drug-likeness (QED) is 0.503. The molecule has 1 aliphatic rings. The van der Waals surface area contributed by atoms with E-state index in [1.807, 2.05) is 0 Å². The van der Waals surface area contributed by atoms with Gasteiger partial charge in [-0.2, -0.15) is 0 Å². The van der Waals surface area contributed by atoms with Crippen LogP contribution in [-0.2, 0) is 4.74 Å². The summed E-state index contributed by atoms with van der Waals surface area (Å²) in [7, 11) is 1.77. The van der Waals surface area contributed by atoms with E-state index in [0.717, 1.165) is 26.2 Å². The minimum absolute atomic E-state index is 0.811. The lowest BCUT2D eigenvalue weighted by molar-refractivity contribution is 0.211. The minimum Gasteiger partial charge on any atom is -0.380 e. The fourth-order valence-electron chi connectivity index (χ4n) is 2.00. The molecule has 1 heterocycles. The van der Waals surface area contributed by atoms with Crippen molar-refractivity contribution in [3.8, 4) is 0 Å². The van der Waals surface area contributed by atoms with E-state index in [1.54, 1.807) is 7.11 Å². The Morgan fingerprint density at radius 2 is 2.31 bits per heavy atom. The van der Waals surface area contributed by atoms with Gasteiger partial charge in [0.1, 0.15) is 0 Å². The van der Waals surface area contributed by atoms with Crippen LogP contribution in [0.4, 0.5) is 0 Å². The molecule has 1 rings (SSSR count). The standard InChI is InChI=1S/C13H26N2O/c1-3-7-14-8-4-9-15-10-5-13(6-11-15)12-16-2/h5,14H,3-4,6-12H2,1-2H3. The molecular formula is C13H26N2O. The second kappa shape index (κ2) is 8.74. The molecule has 0 atom stereocenters. The summed E-state index contributed by atoms with van der Waals surface area (Å²) < 4.78 is 5.15. The van der Waals surface area contributed by atoms with Gasteiger partial charge in [0.05, 0.1) is 6.61 Å². The maximum Gasteiger partial charge on any atom is 0.0673 e. The largest absolute Gasteiger partial charge is 0.380 e. The Morgan fingerprint density at radius 3 is 2.94 bits per heavy atom. The average molecular weight is 226 g/mol. The van der Waals surface area contributed by atoms with E-state index in [2.05, 4.69) is 23.2 Å². The van der Waals surface area contributed by atoms with Crippen LogP contribution < -0.4 is 5.32 Å². The minimum atomic E-state index is 0.811. The molecule has 0 bridgehead atoms. The van der Waals surface area contributed by atoms with Crippen LogP contribution in [-0.4, -0.2) is 51.3 Å². The zero-order valence-corrected chi connectivity index (χ0v) is 10.8. The molecule has 1 aliphatic heterocycles. The molecule has 0 fully saturated rings. The van der Waals surface area contributed by atoms with Crippen molar-refractivity contribution in [2.45, 2.75) is 26.2 Å². The number of ether oxygens (including phenoxy) is 1. The third kappa shape index (κ3) is 5.64. The molecule has 0 aromatic carbocycles. The van der Waals surface area contributed by atoms with E-state index in [4.69, 9.17) is 4.74 Å². The first kappa shape index (κ1) is 13.7. The first-order valence-corrected chi connectivity index (χ1v) is 6.46. The fraction of sp³-hybridized carbons (Fsp3) is 0.846. The Balaban J connectivity index is 2.03. The van der Waals surface area contributed by atoms with Gasteiger partial charge in [-0.3, -0.25) is 4.90 Å². The number of hydrogen-bond acceptors (Lipinski definition) is 3. The van der Waals surface area contributed by atoms with Crippen LogP contribution >= 0.6 is 0 Å². The van der Waals surface area contributed by atoms with Crippen LogP contribution in [0.25, 0.3) is 0 Å². The van der Waals surface area contributed by atoms with E-state index >= 15 is 0 Å². The second-order valence-electron chi connectivity index (χ2n) is 4.45. The van der Waals surface area contributed by atoms with Gasteiger partial charge >= 0.3 is 0 Å². The highest BCUT2D eigenvalue weighted by Crippen LogP contribution is 2.10. The van der Waals surface area contributed by atoms with Gasteiger partial charge in [-0.05, 0) is 44.5 Å². The van der Waals surface area contributed by atoms with E-state index in [0.29, 0.717) is 0 Å². The van der Waals surface area contributed by atoms with Gasteiger partial charge in [-0.15, -0.1) is 0 Å². The molecular weight excluding hydrogens is 200 g/mol. The van der Waals surface area contributed by atoms with Gasteiger partial charge in [0.2, 0.25) is 0 Å². The normalized spacial score (nSPS) is 17.5. The van der Waals surface area contributed by atoms with Crippen molar-refractivity contribution in [3.05, 3.63) is 11.6 Å². The zero-order valence-electron chi connectivity index (χ0n) is 10.8. The van der Waals surface area contributed by atoms with Crippen molar-refractivity contribution >= 4 is 0 Å². The van der Waals surface area contributed by atoms with Crippen molar-refractivity contribution in [1.82, 2.24) is 10.2 Å². The molecule has 16 heavy (non-hydrogen) atoms. The Kier molecular flexibility index (Phi) is 7.47. The SMILES string of the molecule is CCCNCCCN1CC=C(COC)CC1. The molecule has 0 amide bonds. The summed E-state index contributed by atoms with van der Waals surface area (Å²) in [5.41, 5.74) is 1.46. The molecule has 0 aromatic rings. The summed E-state index contributed by atoms with van der Waals surface area (Å²) in [5, 5.41) is 3.44. The van der Waals surface area contributed by atoms with Crippen molar-refractivity contribution in [2.75, 3.05) is 46.4 Å². The summed E-state index contributed by atoms with van der Waals surface area (Å²) in [6.07, 6.45) is 5.99. The molecule has 3 nitrogen and oxygen atoms in total. The highest BCUT2D eigenvalue weighted by Gasteiger charge is 2.10. The Labute approximate surface area is 99.8 Å². The molecule has 0 saturated heterocycles. The molecule has 0 spiro atoms. The highest BCUT2D eigenvalue weighted by molar-refractivity contribution is 5.07. The van der Waals surface area contributed by atoms with Gasteiger partial charge in [-0.25, -0.2) is 0 Å². The predicted molar refractivity (Wildman–Crippen MR) is 68.8 cm³/mol. The second-order valence-corrected chi connectivity index (χ2v) is 4.45. The van der Waals surface area contributed by atoms with Crippen LogP contribution in [0.3, 0.4) is 0 Å². The number of hydrogen-bond donors (Lipinski definition) is 1. The van der Waals surface area contributed by atoms with Crippen LogP contribution in [0.2, 0.25) is 0 Å². The molecule has 1 N–H and O–H groups in total. The van der Waals surface area contributed by atoms with Gasteiger partial charge < -0.3 is 10.1 Å².